The number of hydrogen-bond acceptors (Lipinski definition) is 5. The van der Waals surface area contributed by atoms with Gasteiger partial charge in [0.2, 0.25) is 0 Å². The Kier molecular flexibility index (Phi) is 4.16. The summed E-state index contributed by atoms with van der Waals surface area (Å²) in [6.45, 7) is 4.97. The van der Waals surface area contributed by atoms with E-state index in [1.54, 1.807) is 7.11 Å². The van der Waals surface area contributed by atoms with Crippen molar-refractivity contribution in [3.8, 4) is 17.2 Å². The second-order valence-corrected chi connectivity index (χ2v) is 6.36. The number of fused-ring (bicyclic) bond motifs is 1. The number of nitrogens with zero attached hydrogens (tertiary/aromatic N) is 4. The molecule has 0 spiro atoms. The van der Waals surface area contributed by atoms with Crippen LogP contribution in [0.2, 0.25) is 0 Å². The van der Waals surface area contributed by atoms with Crippen LogP contribution in [-0.2, 0) is 13.0 Å². The van der Waals surface area contributed by atoms with Crippen LogP contribution in [0.1, 0.15) is 17.0 Å². The van der Waals surface area contributed by atoms with Crippen LogP contribution in [0.3, 0.4) is 0 Å². The van der Waals surface area contributed by atoms with Crippen molar-refractivity contribution in [2.45, 2.75) is 26.8 Å². The van der Waals surface area contributed by atoms with Gasteiger partial charge in [-0.3, -0.25) is 0 Å². The third-order valence-electron chi connectivity index (χ3n) is 4.60. The van der Waals surface area contributed by atoms with Gasteiger partial charge >= 0.3 is 0 Å². The summed E-state index contributed by atoms with van der Waals surface area (Å²) in [4.78, 5) is 8.99. The van der Waals surface area contributed by atoms with E-state index in [4.69, 9.17) is 9.26 Å². The number of methoxy groups -OCH3 is 1. The van der Waals surface area contributed by atoms with E-state index in [2.05, 4.69) is 45.7 Å². The molecule has 6 nitrogen and oxygen atoms in total. The summed E-state index contributed by atoms with van der Waals surface area (Å²) in [6.07, 6.45) is 2.54. The molecule has 0 bridgehead atoms. The van der Waals surface area contributed by atoms with E-state index in [0.29, 0.717) is 18.1 Å². The molecule has 6 heteroatoms. The lowest BCUT2D eigenvalue weighted by Crippen LogP contribution is -2.01. The van der Waals surface area contributed by atoms with Crippen LogP contribution >= 0.6 is 0 Å². The molecular formula is C20H20N4O2. The molecule has 2 aromatic carbocycles. The molecule has 4 rings (SSSR count). The van der Waals surface area contributed by atoms with Crippen LogP contribution in [0.15, 0.2) is 47.2 Å². The molecule has 0 aliphatic heterocycles. The quantitative estimate of drug-likeness (QED) is 0.546. The lowest BCUT2D eigenvalue weighted by atomic mass is 10.1. The minimum Gasteiger partial charge on any atom is -0.497 e. The highest BCUT2D eigenvalue weighted by molar-refractivity contribution is 5.77. The van der Waals surface area contributed by atoms with E-state index >= 15 is 0 Å². The molecule has 0 saturated carbocycles. The van der Waals surface area contributed by atoms with E-state index in [0.717, 1.165) is 28.9 Å². The molecule has 0 radical (unpaired) electrons. The van der Waals surface area contributed by atoms with Gasteiger partial charge in [-0.15, -0.1) is 0 Å². The Balaban J connectivity index is 1.52. The summed E-state index contributed by atoms with van der Waals surface area (Å²) in [7, 11) is 1.64. The monoisotopic (exact) mass is 348 g/mol. The number of rotatable bonds is 5. The first-order valence-corrected chi connectivity index (χ1v) is 8.53. The summed E-state index contributed by atoms with van der Waals surface area (Å²) in [5.74, 6) is 1.94. The van der Waals surface area contributed by atoms with Gasteiger partial charge in [-0.2, -0.15) is 4.98 Å². The second kappa shape index (κ2) is 6.63. The van der Waals surface area contributed by atoms with Gasteiger partial charge in [0.15, 0.2) is 5.82 Å². The van der Waals surface area contributed by atoms with Gasteiger partial charge < -0.3 is 13.8 Å². The highest BCUT2D eigenvalue weighted by atomic mass is 16.5. The fourth-order valence-corrected chi connectivity index (χ4v) is 2.94. The molecule has 0 aliphatic carbocycles. The number of benzene rings is 2. The lowest BCUT2D eigenvalue weighted by molar-refractivity contribution is 0.411. The largest absolute Gasteiger partial charge is 0.497 e. The van der Waals surface area contributed by atoms with Gasteiger partial charge in [0, 0.05) is 18.5 Å². The van der Waals surface area contributed by atoms with Gasteiger partial charge in [0.25, 0.3) is 5.89 Å². The molecule has 0 N–H and O–H groups in total. The van der Waals surface area contributed by atoms with Crippen molar-refractivity contribution in [3.05, 3.63) is 59.7 Å². The van der Waals surface area contributed by atoms with Gasteiger partial charge in [-0.05, 0) is 55.3 Å². The summed E-state index contributed by atoms with van der Waals surface area (Å²) in [6, 6.07) is 11.9. The predicted octanol–water partition coefficient (Wildman–Crippen LogP) is 3.95. The topological polar surface area (TPSA) is 66.0 Å². The van der Waals surface area contributed by atoms with Crippen molar-refractivity contribution < 1.29 is 9.26 Å². The van der Waals surface area contributed by atoms with Gasteiger partial charge in [-0.1, -0.05) is 11.2 Å². The number of hydrogen-bond donors (Lipinski definition) is 0. The Hall–Kier alpha value is -3.15. The molecule has 26 heavy (non-hydrogen) atoms. The lowest BCUT2D eigenvalue weighted by Gasteiger charge is -2.04. The highest BCUT2D eigenvalue weighted by Crippen LogP contribution is 2.23. The van der Waals surface area contributed by atoms with Crippen LogP contribution in [0.4, 0.5) is 0 Å². The van der Waals surface area contributed by atoms with Crippen molar-refractivity contribution in [2.24, 2.45) is 0 Å². The molecule has 132 valence electrons. The number of ether oxygens (including phenoxy) is 1. The molecular weight excluding hydrogens is 328 g/mol. The standard InChI is InChI=1S/C20H20N4O2/c1-13-9-17-18(10-14(13)2)24(12-21-17)8-7-19-22-20(26-23-19)15-5-4-6-16(11-15)25-3/h4-6,9-12H,7-8H2,1-3H3. The molecule has 2 aromatic heterocycles. The van der Waals surface area contributed by atoms with Crippen molar-refractivity contribution in [1.29, 1.82) is 0 Å². The molecule has 0 fully saturated rings. The third kappa shape index (κ3) is 3.06. The molecule has 0 atom stereocenters. The summed E-state index contributed by atoms with van der Waals surface area (Å²) < 4.78 is 12.8. The molecule has 0 saturated heterocycles. The average Bonchev–Trinajstić information content (AvgIpc) is 3.28. The molecule has 0 amide bonds. The second-order valence-electron chi connectivity index (χ2n) is 6.36. The van der Waals surface area contributed by atoms with Crippen LogP contribution in [0, 0.1) is 13.8 Å². The van der Waals surface area contributed by atoms with E-state index in [-0.39, 0.29) is 0 Å². The van der Waals surface area contributed by atoms with Crippen LogP contribution in [0.5, 0.6) is 5.75 Å². The molecule has 4 aromatic rings. The van der Waals surface area contributed by atoms with E-state index in [1.165, 1.54) is 11.1 Å². The zero-order valence-electron chi connectivity index (χ0n) is 15.1. The van der Waals surface area contributed by atoms with Crippen LogP contribution < -0.4 is 4.74 Å². The Bertz CT molecular complexity index is 1060. The zero-order chi connectivity index (χ0) is 18.1. The van der Waals surface area contributed by atoms with Crippen molar-refractivity contribution >= 4 is 11.0 Å². The summed E-state index contributed by atoms with van der Waals surface area (Å²) >= 11 is 0. The minimum atomic E-state index is 0.501. The summed E-state index contributed by atoms with van der Waals surface area (Å²) in [5.41, 5.74) is 5.51. The fraction of sp³-hybridized carbons (Fsp3) is 0.250. The van der Waals surface area contributed by atoms with Gasteiger partial charge in [0.05, 0.1) is 24.5 Å². The molecule has 2 heterocycles. The van der Waals surface area contributed by atoms with E-state index in [1.807, 2.05) is 30.6 Å². The smallest absolute Gasteiger partial charge is 0.258 e. The first-order chi connectivity index (χ1) is 12.6. The predicted molar refractivity (Wildman–Crippen MR) is 99.2 cm³/mol. The van der Waals surface area contributed by atoms with Crippen molar-refractivity contribution in [2.75, 3.05) is 7.11 Å². The average molecular weight is 348 g/mol. The van der Waals surface area contributed by atoms with Crippen molar-refractivity contribution in [3.63, 3.8) is 0 Å². The maximum absolute atomic E-state index is 5.40. The molecule has 0 unspecified atom stereocenters. The Morgan fingerprint density at radius 3 is 2.81 bits per heavy atom. The van der Waals surface area contributed by atoms with Crippen molar-refractivity contribution in [1.82, 2.24) is 19.7 Å². The fourth-order valence-electron chi connectivity index (χ4n) is 2.94. The highest BCUT2D eigenvalue weighted by Gasteiger charge is 2.11. The Morgan fingerprint density at radius 2 is 1.96 bits per heavy atom. The summed E-state index contributed by atoms with van der Waals surface area (Å²) in [5, 5.41) is 4.10. The number of imidazole rings is 1. The maximum Gasteiger partial charge on any atom is 0.258 e. The molecule has 0 aliphatic rings. The Morgan fingerprint density at radius 1 is 1.12 bits per heavy atom. The maximum atomic E-state index is 5.40. The minimum absolute atomic E-state index is 0.501. The zero-order valence-corrected chi connectivity index (χ0v) is 15.1. The van der Waals surface area contributed by atoms with Crippen LogP contribution in [0.25, 0.3) is 22.5 Å². The van der Waals surface area contributed by atoms with Gasteiger partial charge in [-0.25, -0.2) is 4.98 Å². The number of aromatic nitrogens is 4. The first kappa shape index (κ1) is 16.3. The first-order valence-electron chi connectivity index (χ1n) is 8.53. The Labute approximate surface area is 151 Å². The van der Waals surface area contributed by atoms with Crippen LogP contribution in [-0.4, -0.2) is 26.8 Å². The normalized spacial score (nSPS) is 11.2. The van der Waals surface area contributed by atoms with Gasteiger partial charge in [0.1, 0.15) is 5.75 Å². The third-order valence-corrected chi connectivity index (χ3v) is 4.60. The van der Waals surface area contributed by atoms with E-state index in [9.17, 15) is 0 Å². The SMILES string of the molecule is COc1cccc(-c2nc(CCn3cnc4cc(C)c(C)cc43)no2)c1. The van der Waals surface area contributed by atoms with E-state index < -0.39 is 0 Å². The number of aryl methyl sites for hydroxylation is 4.